The average Bonchev–Trinajstić information content (AvgIpc) is 2.89. The van der Waals surface area contributed by atoms with Gasteiger partial charge in [0.2, 0.25) is 6.41 Å². The predicted molar refractivity (Wildman–Crippen MR) is 137 cm³/mol. The molecule has 0 radical (unpaired) electrons. The second-order valence-corrected chi connectivity index (χ2v) is 9.36. The van der Waals surface area contributed by atoms with E-state index in [0.717, 1.165) is 19.3 Å². The molecule has 0 unspecified atom stereocenters. The highest BCUT2D eigenvalue weighted by Gasteiger charge is 2.43. The molecule has 11 nitrogen and oxygen atoms in total. The summed E-state index contributed by atoms with van der Waals surface area (Å²) in [5, 5.41) is 15.1. The number of phenolic OH excluding ortho intramolecular Hbond substituents is 1. The lowest BCUT2D eigenvalue weighted by Crippen LogP contribution is -2.50. The van der Waals surface area contributed by atoms with Crippen LogP contribution in [0.3, 0.4) is 0 Å². The third kappa shape index (κ3) is 8.19. The number of carbonyl (C=O) groups excluding carboxylic acids is 5. The molecule has 210 valence electrons. The summed E-state index contributed by atoms with van der Waals surface area (Å²) in [6.07, 6.45) is 1.78. The van der Waals surface area contributed by atoms with Crippen LogP contribution in [0.2, 0.25) is 0 Å². The number of hydrogen-bond acceptors (Lipinski definition) is 9. The Morgan fingerprint density at radius 3 is 2.39 bits per heavy atom. The Balaban J connectivity index is 2.33. The summed E-state index contributed by atoms with van der Waals surface area (Å²) in [5.41, 5.74) is -0.211. The van der Waals surface area contributed by atoms with Crippen molar-refractivity contribution in [1.29, 1.82) is 0 Å². The van der Waals surface area contributed by atoms with Gasteiger partial charge in [-0.25, -0.2) is 4.79 Å². The third-order valence-electron chi connectivity index (χ3n) is 6.36. The highest BCUT2D eigenvalue weighted by Crippen LogP contribution is 2.29. The maximum atomic E-state index is 13.3. The molecule has 0 saturated carbocycles. The van der Waals surface area contributed by atoms with Crippen molar-refractivity contribution in [3.8, 4) is 5.75 Å². The van der Waals surface area contributed by atoms with Crippen LogP contribution < -0.4 is 10.6 Å². The number of anilines is 1. The van der Waals surface area contributed by atoms with Gasteiger partial charge >= 0.3 is 17.9 Å². The van der Waals surface area contributed by atoms with Gasteiger partial charge in [-0.15, -0.1) is 0 Å². The quantitative estimate of drug-likeness (QED) is 0.120. The van der Waals surface area contributed by atoms with E-state index in [9.17, 15) is 29.1 Å². The molecule has 1 aliphatic heterocycles. The van der Waals surface area contributed by atoms with Gasteiger partial charge in [0.05, 0.1) is 17.2 Å². The largest absolute Gasteiger partial charge is 0.505 e. The first-order valence-corrected chi connectivity index (χ1v) is 13.1. The molecular formula is C27H38N2O9. The third-order valence-corrected chi connectivity index (χ3v) is 6.36. The summed E-state index contributed by atoms with van der Waals surface area (Å²) in [6.45, 7) is 6.86. The van der Waals surface area contributed by atoms with Crippen molar-refractivity contribution in [1.82, 2.24) is 5.32 Å². The summed E-state index contributed by atoms with van der Waals surface area (Å²) in [4.78, 5) is 62.5. The van der Waals surface area contributed by atoms with Crippen molar-refractivity contribution >= 4 is 35.9 Å². The van der Waals surface area contributed by atoms with Gasteiger partial charge in [0.1, 0.15) is 12.2 Å². The Labute approximate surface area is 222 Å². The minimum absolute atomic E-state index is 0.000410. The van der Waals surface area contributed by atoms with Gasteiger partial charge in [0.15, 0.2) is 17.9 Å². The van der Waals surface area contributed by atoms with E-state index in [1.54, 1.807) is 0 Å². The summed E-state index contributed by atoms with van der Waals surface area (Å²) in [5.74, 6) is -4.27. The van der Waals surface area contributed by atoms with Crippen LogP contribution in [0.1, 0.15) is 83.0 Å². The minimum Gasteiger partial charge on any atom is -0.505 e. The lowest BCUT2D eigenvalue weighted by Gasteiger charge is -2.29. The number of amides is 2. The number of phenols is 1. The fourth-order valence-corrected chi connectivity index (χ4v) is 4.28. The van der Waals surface area contributed by atoms with Crippen LogP contribution in [0.5, 0.6) is 5.75 Å². The fourth-order valence-electron chi connectivity index (χ4n) is 4.28. The number of rotatable bonds is 12. The smallest absolute Gasteiger partial charge is 0.332 e. The van der Waals surface area contributed by atoms with Crippen molar-refractivity contribution in [2.24, 2.45) is 5.92 Å². The molecule has 5 atom stereocenters. The van der Waals surface area contributed by atoms with E-state index in [1.165, 1.54) is 32.0 Å². The van der Waals surface area contributed by atoms with E-state index in [1.807, 2.05) is 6.92 Å². The molecule has 11 heteroatoms. The summed E-state index contributed by atoms with van der Waals surface area (Å²) >= 11 is 0. The van der Waals surface area contributed by atoms with Crippen LogP contribution >= 0.6 is 0 Å². The number of nitrogens with one attached hydrogen (secondary N) is 2. The SMILES string of the molecule is CCCCCC[C@@H]1C(=O)O[C@H](C)[C@H](NC(=O)c2cccc(NC=O)c2O)C(=O)O[C@H](C)[C@H]1OC(=O)CCC. The van der Waals surface area contributed by atoms with Crippen LogP contribution in [-0.2, 0) is 33.4 Å². The number of carbonyl (C=O) groups is 5. The molecule has 0 aromatic heterocycles. The zero-order valence-corrected chi connectivity index (χ0v) is 22.4. The standard InChI is InChI=1S/C27H38N2O9/c1-5-7-8-9-12-19-24(38-21(31)11-6-2)17(4)37-27(35)22(16(3)36-26(19)34)29-25(33)18-13-10-14-20(23(18)32)28-15-30/h10,13-17,19,22,24,32H,5-9,11-12H2,1-4H3,(H,28,30)(H,29,33)/t16-,17-,19+,22+,24-/m1/s1. The Morgan fingerprint density at radius 1 is 1.03 bits per heavy atom. The van der Waals surface area contributed by atoms with E-state index in [-0.39, 0.29) is 17.7 Å². The highest BCUT2D eigenvalue weighted by molar-refractivity contribution is 6.01. The van der Waals surface area contributed by atoms with Crippen molar-refractivity contribution in [3.63, 3.8) is 0 Å². The molecule has 2 rings (SSSR count). The summed E-state index contributed by atoms with van der Waals surface area (Å²) < 4.78 is 16.8. The van der Waals surface area contributed by atoms with E-state index >= 15 is 0 Å². The van der Waals surface area contributed by atoms with Gasteiger partial charge < -0.3 is 30.0 Å². The Hall–Kier alpha value is -3.63. The molecule has 38 heavy (non-hydrogen) atoms. The molecule has 0 spiro atoms. The van der Waals surface area contributed by atoms with E-state index < -0.39 is 59.8 Å². The van der Waals surface area contributed by atoms with Crippen LogP contribution in [0.25, 0.3) is 0 Å². The lowest BCUT2D eigenvalue weighted by molar-refractivity contribution is -0.175. The molecular weight excluding hydrogens is 496 g/mol. The maximum Gasteiger partial charge on any atom is 0.332 e. The van der Waals surface area contributed by atoms with Crippen molar-refractivity contribution in [2.75, 3.05) is 5.32 Å². The molecule has 1 aromatic rings. The van der Waals surface area contributed by atoms with E-state index in [2.05, 4.69) is 17.6 Å². The Bertz CT molecular complexity index is 997. The Morgan fingerprint density at radius 2 is 1.74 bits per heavy atom. The molecule has 1 fully saturated rings. The zero-order valence-electron chi connectivity index (χ0n) is 22.4. The summed E-state index contributed by atoms with van der Waals surface area (Å²) in [6, 6.07) is 2.71. The molecule has 1 heterocycles. The Kier molecular flexibility index (Phi) is 12.0. The second-order valence-electron chi connectivity index (χ2n) is 9.36. The van der Waals surface area contributed by atoms with Crippen molar-refractivity contribution in [2.45, 2.75) is 97.0 Å². The molecule has 2 amide bonds. The molecule has 0 bridgehead atoms. The van der Waals surface area contributed by atoms with Gasteiger partial charge in [0, 0.05) is 6.42 Å². The average molecular weight is 535 g/mol. The normalized spacial score (nSPS) is 23.6. The van der Waals surface area contributed by atoms with Gasteiger partial charge in [-0.2, -0.15) is 0 Å². The van der Waals surface area contributed by atoms with Crippen LogP contribution in [0.15, 0.2) is 18.2 Å². The zero-order chi connectivity index (χ0) is 28.2. The topological polar surface area (TPSA) is 157 Å². The first-order valence-electron chi connectivity index (χ1n) is 13.1. The first-order chi connectivity index (χ1) is 18.1. The monoisotopic (exact) mass is 534 g/mol. The number of para-hydroxylation sites is 1. The lowest BCUT2D eigenvalue weighted by atomic mass is 9.92. The van der Waals surface area contributed by atoms with Crippen LogP contribution in [-0.4, -0.2) is 59.7 Å². The number of aromatic hydroxyl groups is 1. The number of hydrogen-bond donors (Lipinski definition) is 3. The van der Waals surface area contributed by atoms with E-state index in [0.29, 0.717) is 25.7 Å². The van der Waals surface area contributed by atoms with Gasteiger partial charge in [-0.1, -0.05) is 45.6 Å². The van der Waals surface area contributed by atoms with Crippen LogP contribution in [0, 0.1) is 5.92 Å². The fraction of sp³-hybridized carbons (Fsp3) is 0.593. The second kappa shape index (κ2) is 14.9. The molecule has 1 aromatic carbocycles. The number of esters is 3. The van der Waals surface area contributed by atoms with Gasteiger partial charge in [-0.05, 0) is 38.8 Å². The molecule has 1 aliphatic rings. The maximum absolute atomic E-state index is 13.3. The number of benzene rings is 1. The van der Waals surface area contributed by atoms with Crippen LogP contribution in [0.4, 0.5) is 5.69 Å². The molecule has 0 aliphatic carbocycles. The molecule has 1 saturated heterocycles. The van der Waals surface area contributed by atoms with Crippen molar-refractivity contribution in [3.05, 3.63) is 23.8 Å². The number of unbranched alkanes of at least 4 members (excludes halogenated alkanes) is 3. The van der Waals surface area contributed by atoms with E-state index in [4.69, 9.17) is 14.2 Å². The highest BCUT2D eigenvalue weighted by atomic mass is 16.6. The number of ether oxygens (including phenoxy) is 3. The predicted octanol–water partition coefficient (Wildman–Crippen LogP) is 3.23. The van der Waals surface area contributed by atoms with Gasteiger partial charge in [0.25, 0.3) is 5.91 Å². The van der Waals surface area contributed by atoms with Gasteiger partial charge in [-0.3, -0.25) is 19.2 Å². The number of cyclic esters (lactones) is 2. The summed E-state index contributed by atoms with van der Waals surface area (Å²) in [7, 11) is 0. The molecule has 3 N–H and O–H groups in total. The first kappa shape index (κ1) is 30.6. The minimum atomic E-state index is -1.41. The van der Waals surface area contributed by atoms with Crippen molar-refractivity contribution < 1.29 is 43.3 Å².